The minimum absolute atomic E-state index is 0.0432. The number of hydrogen-bond acceptors (Lipinski definition) is 5. The molecule has 2 aromatic carbocycles. The van der Waals surface area contributed by atoms with Crippen molar-refractivity contribution in [3.8, 4) is 0 Å². The molecule has 1 fully saturated rings. The van der Waals surface area contributed by atoms with Crippen LogP contribution in [-0.4, -0.2) is 51.1 Å². The molecule has 0 bridgehead atoms. The molecule has 1 saturated heterocycles. The van der Waals surface area contributed by atoms with Crippen molar-refractivity contribution in [2.45, 2.75) is 43.0 Å². The zero-order valence-electron chi connectivity index (χ0n) is 18.5. The van der Waals surface area contributed by atoms with E-state index in [1.54, 1.807) is 30.3 Å². The first-order valence-corrected chi connectivity index (χ1v) is 12.7. The molecule has 1 aliphatic rings. The second-order valence-electron chi connectivity index (χ2n) is 8.32. The monoisotopic (exact) mass is 473 g/mol. The van der Waals surface area contributed by atoms with Gasteiger partial charge in [0.05, 0.1) is 4.90 Å². The van der Waals surface area contributed by atoms with Crippen molar-refractivity contribution < 1.29 is 23.1 Å². The standard InChI is InChI=1S/C24H31N3O5S/c28-23(20-11-9-18(10-12-20)5-4-6-19-13-15-25-16-14-19)26-17-22(24(29)30)27-33(31,32)21-7-2-1-3-8-21/h1-3,7-12,19,22,25,27H,4-6,13-17H2,(H,26,28)(H,29,30)/t22-/m0/s1. The molecule has 2 aromatic rings. The molecule has 1 atom stereocenters. The van der Waals surface area contributed by atoms with Crippen LogP contribution in [0.15, 0.2) is 59.5 Å². The van der Waals surface area contributed by atoms with E-state index in [1.165, 1.54) is 31.4 Å². The number of aliphatic carboxylic acids is 1. The lowest BCUT2D eigenvalue weighted by atomic mass is 9.91. The predicted octanol–water partition coefficient (Wildman–Crippen LogP) is 2.17. The van der Waals surface area contributed by atoms with Gasteiger partial charge in [0.2, 0.25) is 10.0 Å². The van der Waals surface area contributed by atoms with Gasteiger partial charge < -0.3 is 15.7 Å². The van der Waals surface area contributed by atoms with Crippen LogP contribution >= 0.6 is 0 Å². The number of hydrogen-bond donors (Lipinski definition) is 4. The lowest BCUT2D eigenvalue weighted by molar-refractivity contribution is -0.138. The summed E-state index contributed by atoms with van der Waals surface area (Å²) in [5.41, 5.74) is 1.55. The van der Waals surface area contributed by atoms with Crippen molar-refractivity contribution in [3.63, 3.8) is 0 Å². The molecule has 0 unspecified atom stereocenters. The number of carboxylic acids is 1. The van der Waals surface area contributed by atoms with E-state index in [2.05, 4.69) is 15.4 Å². The van der Waals surface area contributed by atoms with Gasteiger partial charge >= 0.3 is 5.97 Å². The average Bonchev–Trinajstić information content (AvgIpc) is 2.83. The van der Waals surface area contributed by atoms with Crippen LogP contribution < -0.4 is 15.4 Å². The van der Waals surface area contributed by atoms with Gasteiger partial charge in [0.25, 0.3) is 5.91 Å². The Morgan fingerprint density at radius 2 is 1.70 bits per heavy atom. The Hall–Kier alpha value is -2.75. The van der Waals surface area contributed by atoms with E-state index in [4.69, 9.17) is 0 Å². The molecular weight excluding hydrogens is 442 g/mol. The van der Waals surface area contributed by atoms with Gasteiger partial charge in [-0.3, -0.25) is 9.59 Å². The third-order valence-corrected chi connectivity index (χ3v) is 7.36. The summed E-state index contributed by atoms with van der Waals surface area (Å²) in [6.07, 6.45) is 5.74. The molecule has 33 heavy (non-hydrogen) atoms. The molecule has 1 heterocycles. The summed E-state index contributed by atoms with van der Waals surface area (Å²) >= 11 is 0. The minimum atomic E-state index is -4.03. The molecule has 1 amide bonds. The fraction of sp³-hybridized carbons (Fsp3) is 0.417. The minimum Gasteiger partial charge on any atom is -0.480 e. The number of rotatable bonds is 11. The maximum Gasteiger partial charge on any atom is 0.323 e. The predicted molar refractivity (Wildman–Crippen MR) is 125 cm³/mol. The van der Waals surface area contributed by atoms with E-state index in [9.17, 15) is 23.1 Å². The van der Waals surface area contributed by atoms with Crippen LogP contribution in [0.25, 0.3) is 0 Å². The maximum atomic E-state index is 12.5. The van der Waals surface area contributed by atoms with Crippen LogP contribution in [0, 0.1) is 5.92 Å². The number of carbonyl (C=O) groups excluding carboxylic acids is 1. The second-order valence-corrected chi connectivity index (χ2v) is 10.0. The van der Waals surface area contributed by atoms with Crippen molar-refractivity contribution >= 4 is 21.9 Å². The van der Waals surface area contributed by atoms with Crippen molar-refractivity contribution in [2.75, 3.05) is 19.6 Å². The van der Waals surface area contributed by atoms with Crippen molar-refractivity contribution in [2.24, 2.45) is 5.92 Å². The van der Waals surface area contributed by atoms with Crippen LogP contribution in [0.2, 0.25) is 0 Å². The van der Waals surface area contributed by atoms with Gasteiger partial charge in [-0.05, 0) is 74.5 Å². The summed E-state index contributed by atoms with van der Waals surface area (Å²) in [5, 5.41) is 15.3. The lowest BCUT2D eigenvalue weighted by Gasteiger charge is -2.22. The highest BCUT2D eigenvalue weighted by atomic mass is 32.2. The maximum absolute atomic E-state index is 12.5. The second kappa shape index (κ2) is 11.9. The van der Waals surface area contributed by atoms with Crippen LogP contribution in [0.5, 0.6) is 0 Å². The Kier molecular flexibility index (Phi) is 8.99. The Morgan fingerprint density at radius 1 is 1.03 bits per heavy atom. The quantitative estimate of drug-likeness (QED) is 0.396. The van der Waals surface area contributed by atoms with Crippen molar-refractivity contribution in [1.82, 2.24) is 15.4 Å². The topological polar surface area (TPSA) is 125 Å². The Bertz CT molecular complexity index is 1020. The van der Waals surface area contributed by atoms with E-state index in [0.717, 1.165) is 37.4 Å². The molecule has 1 aliphatic heterocycles. The van der Waals surface area contributed by atoms with Crippen molar-refractivity contribution in [3.05, 3.63) is 65.7 Å². The SMILES string of the molecule is O=C(NC[C@H](NS(=O)(=O)c1ccccc1)C(=O)O)c1ccc(CCCC2CCNCC2)cc1. The highest BCUT2D eigenvalue weighted by Gasteiger charge is 2.26. The zero-order valence-corrected chi connectivity index (χ0v) is 19.3. The molecule has 0 aromatic heterocycles. The molecule has 0 aliphatic carbocycles. The molecule has 9 heteroatoms. The van der Waals surface area contributed by atoms with E-state index in [1.807, 2.05) is 12.1 Å². The molecule has 4 N–H and O–H groups in total. The average molecular weight is 474 g/mol. The largest absolute Gasteiger partial charge is 0.480 e. The number of carboxylic acid groups (broad SMARTS) is 1. The van der Waals surface area contributed by atoms with E-state index in [-0.39, 0.29) is 11.4 Å². The molecule has 178 valence electrons. The van der Waals surface area contributed by atoms with Crippen LogP contribution in [-0.2, 0) is 21.2 Å². The first-order chi connectivity index (χ1) is 15.8. The summed E-state index contributed by atoms with van der Waals surface area (Å²) in [6, 6.07) is 13.2. The number of sulfonamides is 1. The van der Waals surface area contributed by atoms with E-state index >= 15 is 0 Å². The zero-order chi connectivity index (χ0) is 23.7. The first-order valence-electron chi connectivity index (χ1n) is 11.2. The number of aryl methyl sites for hydroxylation is 1. The fourth-order valence-electron chi connectivity index (χ4n) is 3.92. The summed E-state index contributed by atoms with van der Waals surface area (Å²) in [7, 11) is -4.03. The molecule has 8 nitrogen and oxygen atoms in total. The van der Waals surface area contributed by atoms with E-state index < -0.39 is 27.9 Å². The number of carbonyl (C=O) groups is 2. The van der Waals surface area contributed by atoms with Gasteiger partial charge in [-0.25, -0.2) is 8.42 Å². The summed E-state index contributed by atoms with van der Waals surface area (Å²) in [5.74, 6) is -1.04. The summed E-state index contributed by atoms with van der Waals surface area (Å²) in [6.45, 7) is 1.83. The molecular formula is C24H31N3O5S. The lowest BCUT2D eigenvalue weighted by Crippen LogP contribution is -2.48. The Balaban J connectivity index is 1.49. The number of benzene rings is 2. The Labute approximate surface area is 194 Å². The first kappa shape index (κ1) is 24.9. The molecule has 0 spiro atoms. The number of nitrogens with one attached hydrogen (secondary N) is 3. The van der Waals surface area contributed by atoms with Crippen LogP contribution in [0.3, 0.4) is 0 Å². The highest BCUT2D eigenvalue weighted by molar-refractivity contribution is 7.89. The van der Waals surface area contributed by atoms with Crippen molar-refractivity contribution in [1.29, 1.82) is 0 Å². The van der Waals surface area contributed by atoms with Crippen LogP contribution in [0.4, 0.5) is 0 Å². The van der Waals surface area contributed by atoms with Gasteiger partial charge in [-0.1, -0.05) is 36.8 Å². The molecule has 0 radical (unpaired) electrons. The third kappa shape index (κ3) is 7.66. The number of piperidine rings is 1. The van der Waals surface area contributed by atoms with Gasteiger partial charge in [-0.15, -0.1) is 0 Å². The summed E-state index contributed by atoms with van der Waals surface area (Å²) in [4.78, 5) is 23.9. The highest BCUT2D eigenvalue weighted by Crippen LogP contribution is 2.19. The van der Waals surface area contributed by atoms with Gasteiger partial charge in [0, 0.05) is 12.1 Å². The number of amides is 1. The van der Waals surface area contributed by atoms with Gasteiger partial charge in [0.1, 0.15) is 6.04 Å². The van der Waals surface area contributed by atoms with Gasteiger partial charge in [-0.2, -0.15) is 4.72 Å². The summed E-state index contributed by atoms with van der Waals surface area (Å²) < 4.78 is 26.9. The smallest absolute Gasteiger partial charge is 0.323 e. The molecule has 0 saturated carbocycles. The third-order valence-electron chi connectivity index (χ3n) is 5.87. The molecule has 3 rings (SSSR count). The van der Waals surface area contributed by atoms with Gasteiger partial charge in [0.15, 0.2) is 0 Å². The van der Waals surface area contributed by atoms with Crippen LogP contribution in [0.1, 0.15) is 41.6 Å². The fourth-order valence-corrected chi connectivity index (χ4v) is 5.13. The normalized spacial score (nSPS) is 15.6. The Morgan fingerprint density at radius 3 is 2.33 bits per heavy atom. The van der Waals surface area contributed by atoms with E-state index in [0.29, 0.717) is 5.56 Å².